The first-order valence-electron chi connectivity index (χ1n) is 7.04. The SMILES string of the molecule is CCCCC(C)C(OCC)(OCC)C(=O)OCC. The van der Waals surface area contributed by atoms with Crippen LogP contribution in [0.1, 0.15) is 53.9 Å². The number of hydrogen-bond donors (Lipinski definition) is 0. The van der Waals surface area contributed by atoms with Crippen LogP contribution in [-0.2, 0) is 19.0 Å². The van der Waals surface area contributed by atoms with Gasteiger partial charge in [0.05, 0.1) is 6.61 Å². The summed E-state index contributed by atoms with van der Waals surface area (Å²) in [5.41, 5.74) is 0. The monoisotopic (exact) mass is 260 g/mol. The molecule has 1 unspecified atom stereocenters. The lowest BCUT2D eigenvalue weighted by Gasteiger charge is -2.35. The molecule has 0 N–H and O–H groups in total. The number of carbonyl (C=O) groups excluding carboxylic acids is 1. The van der Waals surface area contributed by atoms with E-state index in [1.807, 2.05) is 20.8 Å². The van der Waals surface area contributed by atoms with Crippen LogP contribution < -0.4 is 0 Å². The second-order valence-electron chi connectivity index (χ2n) is 4.30. The average molecular weight is 260 g/mol. The fraction of sp³-hybridized carbons (Fsp3) is 0.929. The Morgan fingerprint density at radius 1 is 1.06 bits per heavy atom. The third-order valence-electron chi connectivity index (χ3n) is 2.92. The summed E-state index contributed by atoms with van der Waals surface area (Å²) in [6.07, 6.45) is 3.01. The predicted molar refractivity (Wildman–Crippen MR) is 71.3 cm³/mol. The van der Waals surface area contributed by atoms with E-state index in [9.17, 15) is 4.79 Å². The van der Waals surface area contributed by atoms with Crippen LogP contribution in [0.3, 0.4) is 0 Å². The van der Waals surface area contributed by atoms with E-state index >= 15 is 0 Å². The maximum atomic E-state index is 12.2. The highest BCUT2D eigenvalue weighted by Crippen LogP contribution is 2.30. The van der Waals surface area contributed by atoms with E-state index in [-0.39, 0.29) is 5.92 Å². The molecule has 0 heterocycles. The number of rotatable bonds is 10. The first-order valence-corrected chi connectivity index (χ1v) is 7.04. The summed E-state index contributed by atoms with van der Waals surface area (Å²) in [6, 6.07) is 0. The van der Waals surface area contributed by atoms with E-state index < -0.39 is 11.8 Å². The van der Waals surface area contributed by atoms with E-state index in [0.29, 0.717) is 19.8 Å². The first kappa shape index (κ1) is 17.4. The highest BCUT2D eigenvalue weighted by atomic mass is 16.7. The van der Waals surface area contributed by atoms with Gasteiger partial charge in [0.2, 0.25) is 0 Å². The molecule has 4 nitrogen and oxygen atoms in total. The van der Waals surface area contributed by atoms with Gasteiger partial charge in [-0.25, -0.2) is 4.79 Å². The number of carbonyl (C=O) groups is 1. The number of unbranched alkanes of at least 4 members (excludes halogenated alkanes) is 1. The van der Waals surface area contributed by atoms with Gasteiger partial charge < -0.3 is 14.2 Å². The van der Waals surface area contributed by atoms with E-state index in [0.717, 1.165) is 19.3 Å². The van der Waals surface area contributed by atoms with E-state index in [1.165, 1.54) is 0 Å². The van der Waals surface area contributed by atoms with E-state index in [4.69, 9.17) is 14.2 Å². The summed E-state index contributed by atoms with van der Waals surface area (Å²) in [4.78, 5) is 12.2. The molecule has 18 heavy (non-hydrogen) atoms. The fourth-order valence-corrected chi connectivity index (χ4v) is 2.01. The Labute approximate surface area is 111 Å². The topological polar surface area (TPSA) is 44.8 Å². The van der Waals surface area contributed by atoms with Crippen LogP contribution in [-0.4, -0.2) is 31.6 Å². The molecular formula is C14H28O4. The number of hydrogen-bond acceptors (Lipinski definition) is 4. The lowest BCUT2D eigenvalue weighted by Crippen LogP contribution is -2.51. The predicted octanol–water partition coefficient (Wildman–Crippen LogP) is 3.15. The molecule has 0 aromatic rings. The van der Waals surface area contributed by atoms with Gasteiger partial charge in [0, 0.05) is 19.1 Å². The molecule has 0 bridgehead atoms. The Balaban J connectivity index is 4.98. The highest BCUT2D eigenvalue weighted by molar-refractivity contribution is 5.78. The second-order valence-corrected chi connectivity index (χ2v) is 4.30. The molecule has 0 saturated heterocycles. The van der Waals surface area contributed by atoms with Crippen molar-refractivity contribution in [3.8, 4) is 0 Å². The molecule has 4 heteroatoms. The van der Waals surface area contributed by atoms with Crippen molar-refractivity contribution in [1.82, 2.24) is 0 Å². The summed E-state index contributed by atoms with van der Waals surface area (Å²) in [5.74, 6) is -1.66. The second kappa shape index (κ2) is 9.34. The maximum absolute atomic E-state index is 12.2. The van der Waals surface area contributed by atoms with Gasteiger partial charge in [-0.3, -0.25) is 0 Å². The Morgan fingerprint density at radius 3 is 2.00 bits per heavy atom. The van der Waals surface area contributed by atoms with Crippen LogP contribution in [0.5, 0.6) is 0 Å². The Bertz CT molecular complexity index is 222. The van der Waals surface area contributed by atoms with Crippen molar-refractivity contribution in [1.29, 1.82) is 0 Å². The summed E-state index contributed by atoms with van der Waals surface area (Å²) in [6.45, 7) is 10.8. The highest BCUT2D eigenvalue weighted by Gasteiger charge is 2.47. The molecule has 108 valence electrons. The lowest BCUT2D eigenvalue weighted by atomic mass is 9.94. The molecule has 0 aliphatic heterocycles. The van der Waals surface area contributed by atoms with E-state index in [1.54, 1.807) is 6.92 Å². The minimum Gasteiger partial charge on any atom is -0.462 e. The third-order valence-corrected chi connectivity index (χ3v) is 2.92. The number of ether oxygens (including phenoxy) is 3. The normalized spacial score (nSPS) is 13.4. The van der Waals surface area contributed by atoms with Crippen molar-refractivity contribution in [2.24, 2.45) is 5.92 Å². The van der Waals surface area contributed by atoms with Crippen LogP contribution in [0, 0.1) is 5.92 Å². The molecule has 1 atom stereocenters. The molecule has 0 saturated carbocycles. The first-order chi connectivity index (χ1) is 8.58. The van der Waals surface area contributed by atoms with Crippen molar-refractivity contribution >= 4 is 5.97 Å². The standard InChI is InChI=1S/C14H28O4/c1-6-10-11-12(5)14(17-8-3,18-9-4)13(15)16-7-2/h12H,6-11H2,1-5H3. The van der Waals surface area contributed by atoms with Crippen molar-refractivity contribution in [3.63, 3.8) is 0 Å². The van der Waals surface area contributed by atoms with Crippen LogP contribution in [0.4, 0.5) is 0 Å². The quantitative estimate of drug-likeness (QED) is 0.447. The third kappa shape index (κ3) is 4.58. The van der Waals surface area contributed by atoms with Crippen molar-refractivity contribution < 1.29 is 19.0 Å². The van der Waals surface area contributed by atoms with Crippen LogP contribution in [0.15, 0.2) is 0 Å². The van der Waals surface area contributed by atoms with Gasteiger partial charge in [0.15, 0.2) is 0 Å². The maximum Gasteiger partial charge on any atom is 0.367 e. The Hall–Kier alpha value is -0.610. The van der Waals surface area contributed by atoms with Crippen LogP contribution in [0.2, 0.25) is 0 Å². The van der Waals surface area contributed by atoms with Gasteiger partial charge in [0.25, 0.3) is 5.79 Å². The zero-order valence-electron chi connectivity index (χ0n) is 12.5. The lowest BCUT2D eigenvalue weighted by molar-refractivity contribution is -0.265. The van der Waals surface area contributed by atoms with Crippen LogP contribution in [0.25, 0.3) is 0 Å². The Kier molecular flexibility index (Phi) is 9.02. The summed E-state index contributed by atoms with van der Waals surface area (Å²) in [7, 11) is 0. The molecule has 0 amide bonds. The minimum atomic E-state index is -1.24. The van der Waals surface area contributed by atoms with Gasteiger partial charge in [-0.15, -0.1) is 0 Å². The summed E-state index contributed by atoms with van der Waals surface area (Å²) in [5, 5.41) is 0. The molecule has 0 aliphatic carbocycles. The van der Waals surface area contributed by atoms with Gasteiger partial charge in [-0.1, -0.05) is 26.7 Å². The minimum absolute atomic E-state index is 0.0172. The largest absolute Gasteiger partial charge is 0.462 e. The molecular weight excluding hydrogens is 232 g/mol. The average Bonchev–Trinajstić information content (AvgIpc) is 2.35. The zero-order chi connectivity index (χ0) is 14.0. The van der Waals surface area contributed by atoms with Crippen molar-refractivity contribution in [2.45, 2.75) is 59.7 Å². The summed E-state index contributed by atoms with van der Waals surface area (Å²) < 4.78 is 16.4. The fourth-order valence-electron chi connectivity index (χ4n) is 2.01. The summed E-state index contributed by atoms with van der Waals surface area (Å²) >= 11 is 0. The molecule has 0 spiro atoms. The molecule has 0 aliphatic rings. The molecule has 0 radical (unpaired) electrons. The molecule has 0 rings (SSSR count). The Morgan fingerprint density at radius 2 is 1.61 bits per heavy atom. The van der Waals surface area contributed by atoms with Gasteiger partial charge in [0.1, 0.15) is 0 Å². The molecule has 0 fully saturated rings. The molecule has 0 aromatic heterocycles. The van der Waals surface area contributed by atoms with E-state index in [2.05, 4.69) is 6.92 Å². The molecule has 0 aromatic carbocycles. The van der Waals surface area contributed by atoms with Crippen molar-refractivity contribution in [3.05, 3.63) is 0 Å². The zero-order valence-corrected chi connectivity index (χ0v) is 12.5. The van der Waals surface area contributed by atoms with Gasteiger partial charge >= 0.3 is 5.97 Å². The van der Waals surface area contributed by atoms with Gasteiger partial charge in [-0.2, -0.15) is 0 Å². The van der Waals surface area contributed by atoms with Crippen molar-refractivity contribution in [2.75, 3.05) is 19.8 Å². The van der Waals surface area contributed by atoms with Gasteiger partial charge in [-0.05, 0) is 27.2 Å². The smallest absolute Gasteiger partial charge is 0.367 e. The number of esters is 1. The van der Waals surface area contributed by atoms with Crippen LogP contribution >= 0.6 is 0 Å².